The number of hydrogen-bond donors (Lipinski definition) is 2. The zero-order chi connectivity index (χ0) is 18.1. The minimum absolute atomic E-state index is 0.179. The van der Waals surface area contributed by atoms with E-state index in [2.05, 4.69) is 15.3 Å². The molecule has 1 saturated carbocycles. The average Bonchev–Trinajstić information content (AvgIpc) is 3.08. The van der Waals surface area contributed by atoms with E-state index in [4.69, 9.17) is 14.5 Å². The van der Waals surface area contributed by atoms with Crippen molar-refractivity contribution in [1.82, 2.24) is 15.3 Å². The average molecular weight is 374 g/mol. The first-order valence-electron chi connectivity index (χ1n) is 8.80. The van der Waals surface area contributed by atoms with Crippen molar-refractivity contribution in [2.24, 2.45) is 4.99 Å². The lowest BCUT2D eigenvalue weighted by atomic mass is 9.92. The summed E-state index contributed by atoms with van der Waals surface area (Å²) in [4.78, 5) is 24.6. The molecule has 0 saturated heterocycles. The first kappa shape index (κ1) is 17.2. The molecule has 1 aliphatic heterocycles. The molecule has 0 unspecified atom stereocenters. The fourth-order valence-corrected chi connectivity index (χ4v) is 4.43. The Labute approximate surface area is 155 Å². The number of H-pyrrole nitrogens is 1. The second-order valence-electron chi connectivity index (χ2n) is 6.56. The van der Waals surface area contributed by atoms with Gasteiger partial charge in [0, 0.05) is 6.07 Å². The number of aliphatic imine (C=N–C) groups is 1. The van der Waals surface area contributed by atoms with Crippen LogP contribution in [0.3, 0.4) is 0 Å². The summed E-state index contributed by atoms with van der Waals surface area (Å²) in [6, 6.07) is 4.28. The monoisotopic (exact) mass is 374 g/mol. The number of nitrogens with one attached hydrogen (secondary N) is 2. The molecular weight excluding hydrogens is 352 g/mol. The van der Waals surface area contributed by atoms with E-state index in [9.17, 15) is 4.79 Å². The number of aromatic nitrogens is 2. The lowest BCUT2D eigenvalue weighted by Crippen LogP contribution is -2.36. The van der Waals surface area contributed by atoms with Gasteiger partial charge in [-0.2, -0.15) is 0 Å². The van der Waals surface area contributed by atoms with Gasteiger partial charge in [-0.15, -0.1) is 0 Å². The van der Waals surface area contributed by atoms with Gasteiger partial charge in [-0.1, -0.05) is 24.6 Å². The number of nitrogens with zero attached hydrogens (tertiary/aromatic N) is 2. The SMILES string of the molecule is COc1cc2nc(CSC3=N[C@@H]4CCCC[C@H]4N3)[nH]c(=O)c2cc1OC. The highest BCUT2D eigenvalue weighted by atomic mass is 32.2. The van der Waals surface area contributed by atoms with E-state index >= 15 is 0 Å². The second kappa shape index (κ2) is 7.19. The van der Waals surface area contributed by atoms with Gasteiger partial charge in [-0.05, 0) is 18.9 Å². The van der Waals surface area contributed by atoms with Crippen molar-refractivity contribution in [2.75, 3.05) is 14.2 Å². The summed E-state index contributed by atoms with van der Waals surface area (Å²) in [6.07, 6.45) is 4.88. The number of benzene rings is 1. The van der Waals surface area contributed by atoms with Crippen molar-refractivity contribution in [2.45, 2.75) is 43.5 Å². The summed E-state index contributed by atoms with van der Waals surface area (Å²) >= 11 is 1.59. The first-order valence-corrected chi connectivity index (χ1v) is 9.78. The molecule has 2 N–H and O–H groups in total. The van der Waals surface area contributed by atoms with E-state index in [1.54, 1.807) is 38.1 Å². The van der Waals surface area contributed by atoms with Crippen molar-refractivity contribution >= 4 is 27.8 Å². The summed E-state index contributed by atoms with van der Waals surface area (Å²) in [5.41, 5.74) is 0.415. The van der Waals surface area contributed by atoms with Crippen LogP contribution in [0.1, 0.15) is 31.5 Å². The minimum atomic E-state index is -0.179. The molecule has 7 nitrogen and oxygen atoms in total. The number of ether oxygens (including phenoxy) is 2. The van der Waals surface area contributed by atoms with Crippen molar-refractivity contribution in [3.8, 4) is 11.5 Å². The van der Waals surface area contributed by atoms with Gasteiger partial charge in [0.2, 0.25) is 0 Å². The van der Waals surface area contributed by atoms with E-state index in [0.29, 0.717) is 46.1 Å². The molecule has 0 spiro atoms. The van der Waals surface area contributed by atoms with Crippen LogP contribution in [0.5, 0.6) is 11.5 Å². The normalized spacial score (nSPS) is 21.8. The third kappa shape index (κ3) is 3.25. The molecule has 1 aliphatic carbocycles. The van der Waals surface area contributed by atoms with Gasteiger partial charge in [0.25, 0.3) is 5.56 Å². The summed E-state index contributed by atoms with van der Waals surface area (Å²) in [5.74, 6) is 2.26. The van der Waals surface area contributed by atoms with Crippen LogP contribution in [0.2, 0.25) is 0 Å². The summed E-state index contributed by atoms with van der Waals surface area (Å²) < 4.78 is 10.6. The minimum Gasteiger partial charge on any atom is -0.493 e. The Balaban J connectivity index is 1.54. The highest BCUT2D eigenvalue weighted by Crippen LogP contribution is 2.30. The van der Waals surface area contributed by atoms with E-state index in [1.165, 1.54) is 19.3 Å². The Morgan fingerprint density at radius 1 is 1.19 bits per heavy atom. The molecule has 4 rings (SSSR count). The number of amidine groups is 1. The third-order valence-corrected chi connectivity index (χ3v) is 5.84. The quantitative estimate of drug-likeness (QED) is 0.855. The smallest absolute Gasteiger partial charge is 0.258 e. The van der Waals surface area contributed by atoms with E-state index < -0.39 is 0 Å². The van der Waals surface area contributed by atoms with Crippen LogP contribution in [-0.4, -0.2) is 41.4 Å². The van der Waals surface area contributed by atoms with Gasteiger partial charge in [-0.25, -0.2) is 4.98 Å². The maximum atomic E-state index is 12.4. The molecular formula is C18H22N4O3S. The van der Waals surface area contributed by atoms with Crippen molar-refractivity contribution in [3.63, 3.8) is 0 Å². The van der Waals surface area contributed by atoms with Crippen LogP contribution in [0.15, 0.2) is 21.9 Å². The van der Waals surface area contributed by atoms with Gasteiger partial charge in [-0.3, -0.25) is 9.79 Å². The standard InChI is InChI=1S/C18H22N4O3S/c1-24-14-7-10-13(8-15(14)25-2)19-16(22-17(10)23)9-26-18-20-11-5-3-4-6-12(11)21-18/h7-8,11-12H,3-6,9H2,1-2H3,(H,20,21)(H,19,22,23)/t11-,12-/m1/s1. The first-order chi connectivity index (χ1) is 12.7. The predicted octanol–water partition coefficient (Wildman–Crippen LogP) is 2.44. The zero-order valence-electron chi connectivity index (χ0n) is 14.9. The van der Waals surface area contributed by atoms with Gasteiger partial charge in [0.15, 0.2) is 16.7 Å². The van der Waals surface area contributed by atoms with Gasteiger partial charge in [0.1, 0.15) is 5.82 Å². The molecule has 8 heteroatoms. The molecule has 1 fully saturated rings. The number of rotatable bonds is 4. The fourth-order valence-electron chi connectivity index (χ4n) is 3.58. The Hall–Kier alpha value is -2.22. The van der Waals surface area contributed by atoms with Crippen molar-refractivity contribution in [1.29, 1.82) is 0 Å². The Morgan fingerprint density at radius 3 is 2.73 bits per heavy atom. The molecule has 0 amide bonds. The zero-order valence-corrected chi connectivity index (χ0v) is 15.7. The van der Waals surface area contributed by atoms with Gasteiger partial charge >= 0.3 is 0 Å². The molecule has 138 valence electrons. The van der Waals surface area contributed by atoms with Crippen LogP contribution in [-0.2, 0) is 5.75 Å². The lowest BCUT2D eigenvalue weighted by molar-refractivity contribution is 0.355. The molecule has 0 radical (unpaired) electrons. The van der Waals surface area contributed by atoms with Crippen LogP contribution < -0.4 is 20.3 Å². The van der Waals surface area contributed by atoms with E-state index in [-0.39, 0.29) is 5.56 Å². The van der Waals surface area contributed by atoms with Crippen LogP contribution in [0, 0.1) is 0 Å². The van der Waals surface area contributed by atoms with Crippen LogP contribution in [0.4, 0.5) is 0 Å². The molecule has 2 atom stereocenters. The maximum Gasteiger partial charge on any atom is 0.258 e. The Morgan fingerprint density at radius 2 is 1.96 bits per heavy atom. The van der Waals surface area contributed by atoms with Crippen LogP contribution in [0.25, 0.3) is 10.9 Å². The largest absolute Gasteiger partial charge is 0.493 e. The Bertz CT molecular complexity index is 911. The number of aromatic amines is 1. The second-order valence-corrected chi connectivity index (χ2v) is 7.53. The van der Waals surface area contributed by atoms with Crippen molar-refractivity contribution < 1.29 is 9.47 Å². The summed E-state index contributed by atoms with van der Waals surface area (Å²) in [7, 11) is 3.11. The summed E-state index contributed by atoms with van der Waals surface area (Å²) in [5, 5.41) is 4.95. The molecule has 1 aromatic heterocycles. The van der Waals surface area contributed by atoms with Crippen LogP contribution >= 0.6 is 11.8 Å². The molecule has 26 heavy (non-hydrogen) atoms. The van der Waals surface area contributed by atoms with E-state index in [1.807, 2.05) is 0 Å². The lowest BCUT2D eigenvalue weighted by Gasteiger charge is -2.23. The van der Waals surface area contributed by atoms with E-state index in [0.717, 1.165) is 11.6 Å². The number of fused-ring (bicyclic) bond motifs is 2. The molecule has 0 bridgehead atoms. The number of hydrogen-bond acceptors (Lipinski definition) is 7. The number of methoxy groups -OCH3 is 2. The van der Waals surface area contributed by atoms with Crippen molar-refractivity contribution in [3.05, 3.63) is 28.3 Å². The summed E-state index contributed by atoms with van der Waals surface area (Å²) in [6.45, 7) is 0. The third-order valence-electron chi connectivity index (χ3n) is 4.93. The van der Waals surface area contributed by atoms with Gasteiger partial charge < -0.3 is 19.8 Å². The maximum absolute atomic E-state index is 12.4. The Kier molecular flexibility index (Phi) is 4.76. The molecule has 2 aromatic rings. The highest BCUT2D eigenvalue weighted by Gasteiger charge is 2.30. The highest BCUT2D eigenvalue weighted by molar-refractivity contribution is 8.13. The molecule has 2 heterocycles. The number of thioether (sulfide) groups is 1. The topological polar surface area (TPSA) is 88.6 Å². The fraction of sp³-hybridized carbons (Fsp3) is 0.500. The predicted molar refractivity (Wildman–Crippen MR) is 103 cm³/mol. The molecule has 1 aromatic carbocycles. The van der Waals surface area contributed by atoms with Gasteiger partial charge in [0.05, 0.1) is 43.0 Å². The molecule has 2 aliphatic rings.